The van der Waals surface area contributed by atoms with Crippen molar-refractivity contribution in [2.45, 2.75) is 18.1 Å². The smallest absolute Gasteiger partial charge is 0.260 e. The highest BCUT2D eigenvalue weighted by atomic mass is 32.2. The van der Waals surface area contributed by atoms with Gasteiger partial charge in [-0.1, -0.05) is 6.07 Å². The SMILES string of the molecule is COCCNC(=O)Cn1nc2c(c1NC(=O)c1cccc(OC)c1OC)CSC2. The van der Waals surface area contributed by atoms with Gasteiger partial charge in [-0.25, -0.2) is 4.68 Å². The number of para-hydroxylation sites is 1. The second-order valence-corrected chi connectivity index (χ2v) is 7.25. The summed E-state index contributed by atoms with van der Waals surface area (Å²) in [5.41, 5.74) is 2.16. The standard InChI is InChI=1S/C19H24N4O5S/c1-26-8-7-20-16(24)9-23-18(13-10-29-11-14(13)22-23)21-19(25)12-5-4-6-15(27-2)17(12)28-3/h4-6H,7-11H2,1-3H3,(H,20,24)(H,21,25). The molecule has 0 spiro atoms. The summed E-state index contributed by atoms with van der Waals surface area (Å²) in [4.78, 5) is 25.2. The number of carbonyl (C=O) groups is 2. The van der Waals surface area contributed by atoms with Gasteiger partial charge in [0.25, 0.3) is 5.91 Å². The first-order chi connectivity index (χ1) is 14.1. The van der Waals surface area contributed by atoms with Gasteiger partial charge in [-0.05, 0) is 12.1 Å². The van der Waals surface area contributed by atoms with E-state index in [-0.39, 0.29) is 18.4 Å². The van der Waals surface area contributed by atoms with Crippen LogP contribution < -0.4 is 20.1 Å². The maximum atomic E-state index is 13.0. The molecule has 0 aliphatic carbocycles. The van der Waals surface area contributed by atoms with Gasteiger partial charge in [0.15, 0.2) is 11.5 Å². The number of nitrogens with one attached hydrogen (secondary N) is 2. The Morgan fingerprint density at radius 2 is 2.03 bits per heavy atom. The molecule has 0 saturated carbocycles. The van der Waals surface area contributed by atoms with E-state index in [1.54, 1.807) is 37.1 Å². The molecule has 1 aliphatic heterocycles. The third-order valence-corrected chi connectivity index (χ3v) is 5.39. The summed E-state index contributed by atoms with van der Waals surface area (Å²) < 4.78 is 17.1. The van der Waals surface area contributed by atoms with E-state index in [1.165, 1.54) is 18.9 Å². The first-order valence-electron chi connectivity index (χ1n) is 9.03. The molecule has 2 N–H and O–H groups in total. The van der Waals surface area contributed by atoms with Gasteiger partial charge >= 0.3 is 0 Å². The fraction of sp³-hybridized carbons (Fsp3) is 0.421. The van der Waals surface area contributed by atoms with Crippen LogP contribution in [0, 0.1) is 0 Å². The summed E-state index contributed by atoms with van der Waals surface area (Å²) in [6, 6.07) is 5.10. The molecular formula is C19H24N4O5S. The van der Waals surface area contributed by atoms with Gasteiger partial charge in [-0.15, -0.1) is 0 Å². The normalized spacial score (nSPS) is 12.4. The number of carbonyl (C=O) groups excluding carboxylic acids is 2. The molecule has 1 aromatic heterocycles. The van der Waals surface area contributed by atoms with Crippen LogP contribution in [-0.2, 0) is 27.6 Å². The predicted octanol–water partition coefficient (Wildman–Crippen LogP) is 1.66. The number of amides is 2. The summed E-state index contributed by atoms with van der Waals surface area (Å²) in [6.07, 6.45) is 0. The lowest BCUT2D eigenvalue weighted by molar-refractivity contribution is -0.122. The van der Waals surface area contributed by atoms with Crippen LogP contribution in [0.5, 0.6) is 11.5 Å². The maximum Gasteiger partial charge on any atom is 0.260 e. The van der Waals surface area contributed by atoms with E-state index >= 15 is 0 Å². The van der Waals surface area contributed by atoms with Gasteiger partial charge in [0.1, 0.15) is 12.4 Å². The second-order valence-electron chi connectivity index (χ2n) is 6.26. The molecule has 1 aromatic carbocycles. The number of fused-ring (bicyclic) bond motifs is 1. The van der Waals surface area contributed by atoms with Crippen molar-refractivity contribution < 1.29 is 23.8 Å². The Balaban J connectivity index is 1.83. The maximum absolute atomic E-state index is 13.0. The van der Waals surface area contributed by atoms with Crippen molar-refractivity contribution in [2.24, 2.45) is 0 Å². The Kier molecular flexibility index (Phi) is 6.99. The van der Waals surface area contributed by atoms with E-state index in [9.17, 15) is 9.59 Å². The fourth-order valence-corrected chi connectivity index (χ4v) is 4.08. The first kappa shape index (κ1) is 21.0. The largest absolute Gasteiger partial charge is 0.493 e. The average molecular weight is 420 g/mol. The van der Waals surface area contributed by atoms with E-state index in [1.807, 2.05) is 0 Å². The molecule has 0 atom stereocenters. The lowest BCUT2D eigenvalue weighted by Crippen LogP contribution is -2.31. The number of ether oxygens (including phenoxy) is 3. The summed E-state index contributed by atoms with van der Waals surface area (Å²) >= 11 is 1.72. The summed E-state index contributed by atoms with van der Waals surface area (Å²) in [5.74, 6) is 2.26. The molecule has 156 valence electrons. The Morgan fingerprint density at radius 3 is 2.76 bits per heavy atom. The van der Waals surface area contributed by atoms with Crippen LogP contribution in [0.2, 0.25) is 0 Å². The molecule has 29 heavy (non-hydrogen) atoms. The number of rotatable bonds is 9. The van der Waals surface area contributed by atoms with Crippen molar-refractivity contribution in [2.75, 3.05) is 39.8 Å². The molecule has 10 heteroatoms. The molecule has 0 radical (unpaired) electrons. The lowest BCUT2D eigenvalue weighted by atomic mass is 10.1. The highest BCUT2D eigenvalue weighted by Crippen LogP contribution is 2.36. The van der Waals surface area contributed by atoms with E-state index in [0.717, 1.165) is 22.8 Å². The van der Waals surface area contributed by atoms with Crippen LogP contribution in [0.3, 0.4) is 0 Å². The van der Waals surface area contributed by atoms with Crippen LogP contribution in [-0.4, -0.2) is 56.1 Å². The van der Waals surface area contributed by atoms with E-state index in [4.69, 9.17) is 14.2 Å². The Hall–Kier alpha value is -2.72. The lowest BCUT2D eigenvalue weighted by Gasteiger charge is -2.14. The van der Waals surface area contributed by atoms with Gasteiger partial charge in [0.05, 0.1) is 32.1 Å². The topological polar surface area (TPSA) is 104 Å². The van der Waals surface area contributed by atoms with Crippen LogP contribution in [0.15, 0.2) is 18.2 Å². The van der Waals surface area contributed by atoms with Gasteiger partial charge in [0.2, 0.25) is 5.91 Å². The second kappa shape index (κ2) is 9.66. The van der Waals surface area contributed by atoms with E-state index in [0.29, 0.717) is 36.0 Å². The number of methoxy groups -OCH3 is 3. The van der Waals surface area contributed by atoms with E-state index < -0.39 is 0 Å². The highest BCUT2D eigenvalue weighted by molar-refractivity contribution is 7.98. The number of aromatic nitrogens is 2. The number of hydrogen-bond donors (Lipinski definition) is 2. The molecule has 9 nitrogen and oxygen atoms in total. The zero-order valence-corrected chi connectivity index (χ0v) is 17.4. The molecular weight excluding hydrogens is 396 g/mol. The average Bonchev–Trinajstić information content (AvgIpc) is 3.30. The highest BCUT2D eigenvalue weighted by Gasteiger charge is 2.26. The number of hydrogen-bond acceptors (Lipinski definition) is 7. The molecule has 0 bridgehead atoms. The number of benzene rings is 1. The van der Waals surface area contributed by atoms with Crippen LogP contribution in [0.25, 0.3) is 0 Å². The zero-order chi connectivity index (χ0) is 20.8. The Morgan fingerprint density at radius 1 is 1.21 bits per heavy atom. The number of thioether (sulfide) groups is 1. The monoisotopic (exact) mass is 420 g/mol. The number of nitrogens with zero attached hydrogens (tertiary/aromatic N) is 2. The van der Waals surface area contributed by atoms with Crippen molar-refractivity contribution in [1.29, 1.82) is 0 Å². The summed E-state index contributed by atoms with van der Waals surface area (Å²) in [5, 5.41) is 10.2. The van der Waals surface area contributed by atoms with Crippen molar-refractivity contribution >= 4 is 29.4 Å². The third kappa shape index (κ3) is 4.65. The van der Waals surface area contributed by atoms with Crippen molar-refractivity contribution in [3.63, 3.8) is 0 Å². The van der Waals surface area contributed by atoms with Crippen LogP contribution in [0.4, 0.5) is 5.82 Å². The van der Waals surface area contributed by atoms with Crippen molar-refractivity contribution in [1.82, 2.24) is 15.1 Å². The molecule has 2 amide bonds. The van der Waals surface area contributed by atoms with Gasteiger partial charge in [-0.2, -0.15) is 16.9 Å². The molecule has 0 unspecified atom stereocenters. The van der Waals surface area contributed by atoms with Crippen LogP contribution >= 0.6 is 11.8 Å². The molecule has 2 aromatic rings. The summed E-state index contributed by atoms with van der Waals surface area (Å²) in [7, 11) is 4.57. The van der Waals surface area contributed by atoms with Gasteiger partial charge in [-0.3, -0.25) is 9.59 Å². The zero-order valence-electron chi connectivity index (χ0n) is 16.6. The van der Waals surface area contributed by atoms with Crippen molar-refractivity contribution in [3.8, 4) is 11.5 Å². The van der Waals surface area contributed by atoms with Gasteiger partial charge < -0.3 is 24.8 Å². The van der Waals surface area contributed by atoms with Crippen LogP contribution in [0.1, 0.15) is 21.6 Å². The Labute approximate surface area is 173 Å². The quantitative estimate of drug-likeness (QED) is 0.595. The molecule has 0 saturated heterocycles. The molecule has 0 fully saturated rings. The van der Waals surface area contributed by atoms with E-state index in [2.05, 4.69) is 15.7 Å². The Bertz CT molecular complexity index is 899. The number of anilines is 1. The molecule has 1 aliphatic rings. The minimum Gasteiger partial charge on any atom is -0.493 e. The molecule has 3 rings (SSSR count). The minimum absolute atomic E-state index is 0.00619. The first-order valence-corrected chi connectivity index (χ1v) is 10.2. The minimum atomic E-state index is -0.360. The third-order valence-electron chi connectivity index (χ3n) is 4.42. The van der Waals surface area contributed by atoms with Crippen molar-refractivity contribution in [3.05, 3.63) is 35.0 Å². The van der Waals surface area contributed by atoms with Gasteiger partial charge in [0, 0.05) is 30.7 Å². The fourth-order valence-electron chi connectivity index (χ4n) is 3.05. The predicted molar refractivity (Wildman–Crippen MR) is 110 cm³/mol. The summed E-state index contributed by atoms with van der Waals surface area (Å²) in [6.45, 7) is 0.846. The molecule has 2 heterocycles.